The van der Waals surface area contributed by atoms with Gasteiger partial charge in [0.05, 0.1) is 21.8 Å². The van der Waals surface area contributed by atoms with Crippen LogP contribution in [0.25, 0.3) is 21.3 Å². The van der Waals surface area contributed by atoms with Crippen molar-refractivity contribution in [2.24, 2.45) is 0 Å². The average Bonchev–Trinajstić information content (AvgIpc) is 3.02. The lowest BCUT2D eigenvalue weighted by Gasteiger charge is -2.13. The second-order valence-electron chi connectivity index (χ2n) is 4.81. The molecule has 0 unspecified atom stereocenters. The number of nitrogen functional groups attached to an aromatic ring is 1. The van der Waals surface area contributed by atoms with E-state index in [1.54, 1.807) is 0 Å². The molecule has 0 aliphatic heterocycles. The van der Waals surface area contributed by atoms with E-state index in [1.165, 1.54) is 47.4 Å². The lowest BCUT2D eigenvalue weighted by Crippen LogP contribution is -2.06. The number of nitrogens with zero attached hydrogens (tertiary/aromatic N) is 4. The van der Waals surface area contributed by atoms with Gasteiger partial charge in [-0.25, -0.2) is 4.98 Å². The van der Waals surface area contributed by atoms with E-state index in [4.69, 9.17) is 5.73 Å². The topological polar surface area (TPSA) is 69.6 Å². The third-order valence-corrected chi connectivity index (χ3v) is 4.58. The molecular formula is C12H13N5S. The van der Waals surface area contributed by atoms with Crippen molar-refractivity contribution in [1.82, 2.24) is 18.9 Å². The predicted molar refractivity (Wildman–Crippen MR) is 72.6 cm³/mol. The van der Waals surface area contributed by atoms with Crippen molar-refractivity contribution in [3.05, 3.63) is 12.4 Å². The molecule has 6 heteroatoms. The van der Waals surface area contributed by atoms with Gasteiger partial charge in [-0.05, 0) is 24.4 Å². The smallest absolute Gasteiger partial charge is 0.221 e. The quantitative estimate of drug-likeness (QED) is 0.729. The lowest BCUT2D eigenvalue weighted by molar-refractivity contribution is 0.547. The molecule has 3 aromatic rings. The van der Waals surface area contributed by atoms with Gasteiger partial charge >= 0.3 is 0 Å². The van der Waals surface area contributed by atoms with Crippen molar-refractivity contribution in [3.8, 4) is 0 Å². The molecule has 0 bridgehead atoms. The number of fused-ring (bicyclic) bond motifs is 3. The molecule has 1 saturated carbocycles. The Balaban J connectivity index is 2.10. The fraction of sp³-hybridized carbons (Fsp3) is 0.417. The van der Waals surface area contributed by atoms with Crippen molar-refractivity contribution in [1.29, 1.82) is 0 Å². The van der Waals surface area contributed by atoms with Gasteiger partial charge in [0.2, 0.25) is 5.95 Å². The Labute approximate surface area is 108 Å². The van der Waals surface area contributed by atoms with Gasteiger partial charge in [-0.1, -0.05) is 12.8 Å². The molecule has 0 atom stereocenters. The summed E-state index contributed by atoms with van der Waals surface area (Å²) in [6.45, 7) is 0. The van der Waals surface area contributed by atoms with Crippen molar-refractivity contribution in [3.63, 3.8) is 0 Å². The SMILES string of the molecule is Nc1ncc2c3sncc3n(C3CCCC3)c2n1. The summed E-state index contributed by atoms with van der Waals surface area (Å²) >= 11 is 1.51. The van der Waals surface area contributed by atoms with Gasteiger partial charge in [0, 0.05) is 12.2 Å². The van der Waals surface area contributed by atoms with E-state index in [0.29, 0.717) is 12.0 Å². The van der Waals surface area contributed by atoms with Gasteiger partial charge in [-0.3, -0.25) is 0 Å². The third kappa shape index (κ3) is 1.29. The predicted octanol–water partition coefficient (Wildman–Crippen LogP) is 2.74. The minimum atomic E-state index is 0.347. The van der Waals surface area contributed by atoms with Gasteiger partial charge in [-0.15, -0.1) is 0 Å². The first-order valence-electron chi connectivity index (χ1n) is 6.21. The second kappa shape index (κ2) is 3.65. The summed E-state index contributed by atoms with van der Waals surface area (Å²) in [5.41, 5.74) is 7.89. The fourth-order valence-corrected chi connectivity index (χ4v) is 3.71. The zero-order chi connectivity index (χ0) is 12.1. The largest absolute Gasteiger partial charge is 0.368 e. The number of hydrogen-bond acceptors (Lipinski definition) is 5. The van der Waals surface area contributed by atoms with E-state index < -0.39 is 0 Å². The third-order valence-electron chi connectivity index (χ3n) is 3.76. The van der Waals surface area contributed by atoms with E-state index in [-0.39, 0.29) is 0 Å². The van der Waals surface area contributed by atoms with E-state index in [2.05, 4.69) is 18.9 Å². The summed E-state index contributed by atoms with van der Waals surface area (Å²) in [5, 5.41) is 1.08. The Bertz CT molecular complexity index is 723. The van der Waals surface area contributed by atoms with Crippen LogP contribution in [0.4, 0.5) is 5.95 Å². The molecule has 0 radical (unpaired) electrons. The maximum absolute atomic E-state index is 5.73. The summed E-state index contributed by atoms with van der Waals surface area (Å²) in [5.74, 6) is 0.347. The highest BCUT2D eigenvalue weighted by molar-refractivity contribution is 7.14. The standard InChI is InChI=1S/C12H13N5S/c13-12-14-5-8-10-9(6-15-18-10)17(11(8)16-12)7-3-1-2-4-7/h5-7H,1-4H2,(H2,13,14,16). The first-order chi connectivity index (χ1) is 8.84. The Morgan fingerprint density at radius 3 is 2.94 bits per heavy atom. The molecule has 0 saturated heterocycles. The second-order valence-corrected chi connectivity index (χ2v) is 5.62. The van der Waals surface area contributed by atoms with E-state index >= 15 is 0 Å². The first-order valence-corrected chi connectivity index (χ1v) is 6.99. The fourth-order valence-electron chi connectivity index (χ4n) is 2.97. The molecule has 1 fully saturated rings. The van der Waals surface area contributed by atoms with Gasteiger partial charge in [0.15, 0.2) is 0 Å². The number of nitrogens with two attached hydrogens (primary N) is 1. The average molecular weight is 259 g/mol. The van der Waals surface area contributed by atoms with Crippen LogP contribution in [0.2, 0.25) is 0 Å². The van der Waals surface area contributed by atoms with Crippen molar-refractivity contribution in [2.45, 2.75) is 31.7 Å². The summed E-state index contributed by atoms with van der Waals surface area (Å²) < 4.78 is 7.80. The Morgan fingerprint density at radius 2 is 2.11 bits per heavy atom. The zero-order valence-corrected chi connectivity index (χ0v) is 10.7. The van der Waals surface area contributed by atoms with E-state index in [0.717, 1.165) is 11.0 Å². The van der Waals surface area contributed by atoms with Crippen LogP contribution in [0.1, 0.15) is 31.7 Å². The van der Waals surface area contributed by atoms with Gasteiger partial charge < -0.3 is 10.3 Å². The highest BCUT2D eigenvalue weighted by Crippen LogP contribution is 2.38. The molecule has 18 heavy (non-hydrogen) atoms. The van der Waals surface area contributed by atoms with Crippen LogP contribution in [0.3, 0.4) is 0 Å². The van der Waals surface area contributed by atoms with Crippen LogP contribution in [0, 0.1) is 0 Å². The first kappa shape index (κ1) is 10.3. The molecule has 3 heterocycles. The lowest BCUT2D eigenvalue weighted by atomic mass is 10.2. The van der Waals surface area contributed by atoms with Gasteiger partial charge in [-0.2, -0.15) is 9.36 Å². The summed E-state index contributed by atoms with van der Waals surface area (Å²) in [6, 6.07) is 0.538. The number of rotatable bonds is 1. The van der Waals surface area contributed by atoms with Crippen molar-refractivity contribution >= 4 is 38.7 Å². The van der Waals surface area contributed by atoms with Crippen LogP contribution in [-0.2, 0) is 0 Å². The molecule has 0 aromatic carbocycles. The Kier molecular flexibility index (Phi) is 2.08. The minimum Gasteiger partial charge on any atom is -0.368 e. The molecule has 4 rings (SSSR count). The molecule has 3 aromatic heterocycles. The number of aromatic nitrogens is 4. The summed E-state index contributed by atoms with van der Waals surface area (Å²) in [4.78, 5) is 8.55. The number of anilines is 1. The number of hydrogen-bond donors (Lipinski definition) is 1. The molecule has 5 nitrogen and oxygen atoms in total. The molecule has 92 valence electrons. The monoisotopic (exact) mass is 259 g/mol. The molecule has 0 spiro atoms. The van der Waals surface area contributed by atoms with Gasteiger partial charge in [0.1, 0.15) is 5.65 Å². The van der Waals surface area contributed by atoms with Crippen LogP contribution >= 0.6 is 11.5 Å². The summed E-state index contributed by atoms with van der Waals surface area (Å²) in [7, 11) is 0. The van der Waals surface area contributed by atoms with E-state index in [9.17, 15) is 0 Å². The molecular weight excluding hydrogens is 246 g/mol. The maximum Gasteiger partial charge on any atom is 0.221 e. The van der Waals surface area contributed by atoms with Crippen molar-refractivity contribution < 1.29 is 0 Å². The molecule has 1 aliphatic rings. The Hall–Kier alpha value is -1.69. The van der Waals surface area contributed by atoms with E-state index in [1.807, 2.05) is 12.4 Å². The zero-order valence-electron chi connectivity index (χ0n) is 9.83. The van der Waals surface area contributed by atoms with Crippen LogP contribution in [0.15, 0.2) is 12.4 Å². The minimum absolute atomic E-state index is 0.347. The molecule has 0 amide bonds. The van der Waals surface area contributed by atoms with Crippen LogP contribution in [-0.4, -0.2) is 18.9 Å². The normalized spacial score (nSPS) is 17.1. The molecule has 2 N–H and O–H groups in total. The van der Waals surface area contributed by atoms with Crippen LogP contribution in [0.5, 0.6) is 0 Å². The van der Waals surface area contributed by atoms with Crippen LogP contribution < -0.4 is 5.73 Å². The van der Waals surface area contributed by atoms with Gasteiger partial charge in [0.25, 0.3) is 0 Å². The molecule has 1 aliphatic carbocycles. The summed E-state index contributed by atoms with van der Waals surface area (Å²) in [6.07, 6.45) is 8.80. The highest BCUT2D eigenvalue weighted by Gasteiger charge is 2.23. The van der Waals surface area contributed by atoms with Crippen molar-refractivity contribution in [2.75, 3.05) is 5.73 Å². The highest BCUT2D eigenvalue weighted by atomic mass is 32.1. The maximum atomic E-state index is 5.73. The Morgan fingerprint density at radius 1 is 1.28 bits per heavy atom.